The van der Waals surface area contributed by atoms with Crippen LogP contribution in [0.5, 0.6) is 0 Å². The molecule has 1 nitrogen and oxygen atoms in total. The van der Waals surface area contributed by atoms with Crippen LogP contribution in [-0.4, -0.2) is 11.7 Å². The Bertz CT molecular complexity index is 84.6. The summed E-state index contributed by atoms with van der Waals surface area (Å²) in [7, 11) is 0. The zero-order valence-corrected chi connectivity index (χ0v) is 6.35. The highest BCUT2D eigenvalue weighted by atomic mass is 16.3. The van der Waals surface area contributed by atoms with Crippen LogP contribution in [0.15, 0.2) is 11.6 Å². The van der Waals surface area contributed by atoms with Gasteiger partial charge >= 0.3 is 0 Å². The van der Waals surface area contributed by atoms with E-state index in [9.17, 15) is 0 Å². The number of aliphatic hydroxyl groups excluding tert-OH is 1. The van der Waals surface area contributed by atoms with E-state index in [1.807, 2.05) is 0 Å². The van der Waals surface area contributed by atoms with Crippen molar-refractivity contribution in [3.05, 3.63) is 11.6 Å². The Hall–Kier alpha value is -0.300. The highest BCUT2D eigenvalue weighted by molar-refractivity contribution is 5.00. The van der Waals surface area contributed by atoms with Gasteiger partial charge in [0.1, 0.15) is 0 Å². The summed E-state index contributed by atoms with van der Waals surface area (Å²) < 4.78 is 0. The van der Waals surface area contributed by atoms with Crippen molar-refractivity contribution in [1.29, 1.82) is 0 Å². The van der Waals surface area contributed by atoms with E-state index in [2.05, 4.69) is 19.9 Å². The fourth-order valence-electron chi connectivity index (χ4n) is 0.855. The molecule has 0 aromatic rings. The Labute approximate surface area is 57.4 Å². The second-order valence-electron chi connectivity index (χ2n) is 2.18. The molecule has 0 saturated heterocycles. The van der Waals surface area contributed by atoms with Gasteiger partial charge in [0.25, 0.3) is 0 Å². The Kier molecular flexibility index (Phi) is 5.64. The molecule has 0 amide bonds. The summed E-state index contributed by atoms with van der Waals surface area (Å²) in [6, 6.07) is 0. The van der Waals surface area contributed by atoms with E-state index in [1.165, 1.54) is 5.57 Å². The average Bonchev–Trinajstić information content (AvgIpc) is 1.88. The molecule has 0 aliphatic heterocycles. The molecular formula is C8H16O. The lowest BCUT2D eigenvalue weighted by Gasteiger charge is -1.98. The van der Waals surface area contributed by atoms with E-state index in [0.717, 1.165) is 19.3 Å². The first kappa shape index (κ1) is 8.70. The van der Waals surface area contributed by atoms with Gasteiger partial charge in [-0.3, -0.25) is 0 Å². The molecule has 0 saturated carbocycles. The van der Waals surface area contributed by atoms with Crippen LogP contribution in [-0.2, 0) is 0 Å². The Morgan fingerprint density at radius 1 is 1.44 bits per heavy atom. The van der Waals surface area contributed by atoms with E-state index >= 15 is 0 Å². The standard InChI is InChI=1S/C8H16O/c1-3-5-8(7-9)6-4-2/h5,9H,3-4,6-7H2,1-2H3/b8-5-. The first-order valence-electron chi connectivity index (χ1n) is 3.63. The monoisotopic (exact) mass is 128 g/mol. The van der Waals surface area contributed by atoms with Gasteiger partial charge < -0.3 is 5.11 Å². The maximum atomic E-state index is 8.72. The summed E-state index contributed by atoms with van der Waals surface area (Å²) in [5.41, 5.74) is 1.18. The number of aliphatic hydroxyl groups is 1. The lowest BCUT2D eigenvalue weighted by molar-refractivity contribution is 0.325. The van der Waals surface area contributed by atoms with Gasteiger partial charge in [0.2, 0.25) is 0 Å². The van der Waals surface area contributed by atoms with Gasteiger partial charge in [-0.2, -0.15) is 0 Å². The zero-order valence-electron chi connectivity index (χ0n) is 6.35. The van der Waals surface area contributed by atoms with Crippen molar-refractivity contribution >= 4 is 0 Å². The summed E-state index contributed by atoms with van der Waals surface area (Å²) in [4.78, 5) is 0. The van der Waals surface area contributed by atoms with E-state index in [4.69, 9.17) is 5.11 Å². The second-order valence-corrected chi connectivity index (χ2v) is 2.18. The number of allylic oxidation sites excluding steroid dienone is 1. The van der Waals surface area contributed by atoms with Crippen LogP contribution in [0.4, 0.5) is 0 Å². The summed E-state index contributed by atoms with van der Waals surface area (Å²) in [6.45, 7) is 4.45. The molecule has 0 spiro atoms. The Morgan fingerprint density at radius 3 is 2.44 bits per heavy atom. The molecule has 0 aromatic carbocycles. The van der Waals surface area contributed by atoms with Gasteiger partial charge in [-0.15, -0.1) is 0 Å². The fourth-order valence-corrected chi connectivity index (χ4v) is 0.855. The molecule has 0 rings (SSSR count). The Balaban J connectivity index is 3.53. The van der Waals surface area contributed by atoms with Crippen molar-refractivity contribution < 1.29 is 5.11 Å². The summed E-state index contributed by atoms with van der Waals surface area (Å²) >= 11 is 0. The fraction of sp³-hybridized carbons (Fsp3) is 0.750. The van der Waals surface area contributed by atoms with Crippen LogP contribution in [0, 0.1) is 0 Å². The highest BCUT2D eigenvalue weighted by Crippen LogP contribution is 2.03. The van der Waals surface area contributed by atoms with Crippen LogP contribution >= 0.6 is 0 Å². The van der Waals surface area contributed by atoms with Crippen LogP contribution in [0.2, 0.25) is 0 Å². The van der Waals surface area contributed by atoms with E-state index in [0.29, 0.717) is 0 Å². The van der Waals surface area contributed by atoms with Crippen LogP contribution < -0.4 is 0 Å². The van der Waals surface area contributed by atoms with E-state index < -0.39 is 0 Å². The summed E-state index contributed by atoms with van der Waals surface area (Å²) in [6.07, 6.45) is 5.32. The molecule has 1 heteroatoms. The molecule has 0 bridgehead atoms. The minimum Gasteiger partial charge on any atom is -0.392 e. The van der Waals surface area contributed by atoms with Crippen molar-refractivity contribution in [3.63, 3.8) is 0 Å². The molecule has 9 heavy (non-hydrogen) atoms. The van der Waals surface area contributed by atoms with E-state index in [-0.39, 0.29) is 6.61 Å². The van der Waals surface area contributed by atoms with Gasteiger partial charge in [0.05, 0.1) is 6.61 Å². The van der Waals surface area contributed by atoms with Crippen LogP contribution in [0.3, 0.4) is 0 Å². The molecule has 1 N–H and O–H groups in total. The van der Waals surface area contributed by atoms with Gasteiger partial charge in [0.15, 0.2) is 0 Å². The van der Waals surface area contributed by atoms with Crippen LogP contribution in [0.1, 0.15) is 33.1 Å². The van der Waals surface area contributed by atoms with Crippen molar-refractivity contribution in [3.8, 4) is 0 Å². The average molecular weight is 128 g/mol. The lowest BCUT2D eigenvalue weighted by atomic mass is 10.1. The van der Waals surface area contributed by atoms with Crippen molar-refractivity contribution in [2.45, 2.75) is 33.1 Å². The molecule has 0 fully saturated rings. The predicted octanol–water partition coefficient (Wildman–Crippen LogP) is 2.12. The van der Waals surface area contributed by atoms with E-state index in [1.54, 1.807) is 0 Å². The largest absolute Gasteiger partial charge is 0.392 e. The molecule has 0 unspecified atom stereocenters. The summed E-state index contributed by atoms with van der Waals surface area (Å²) in [5.74, 6) is 0. The topological polar surface area (TPSA) is 20.2 Å². The third-order valence-electron chi connectivity index (χ3n) is 1.27. The third kappa shape index (κ3) is 4.22. The first-order chi connectivity index (χ1) is 4.35. The number of rotatable bonds is 4. The molecule has 0 heterocycles. The maximum absolute atomic E-state index is 8.72. The SMILES string of the molecule is CC/C=C(\CO)CCC. The smallest absolute Gasteiger partial charge is 0.0641 e. The normalized spacial score (nSPS) is 12.1. The van der Waals surface area contributed by atoms with Gasteiger partial charge in [-0.05, 0) is 18.4 Å². The molecule has 54 valence electrons. The van der Waals surface area contributed by atoms with Gasteiger partial charge in [0, 0.05) is 0 Å². The highest BCUT2D eigenvalue weighted by Gasteiger charge is 1.89. The number of hydrogen-bond donors (Lipinski definition) is 1. The third-order valence-corrected chi connectivity index (χ3v) is 1.27. The maximum Gasteiger partial charge on any atom is 0.0641 e. The van der Waals surface area contributed by atoms with Crippen LogP contribution in [0.25, 0.3) is 0 Å². The molecule has 0 aliphatic carbocycles. The Morgan fingerprint density at radius 2 is 2.11 bits per heavy atom. The minimum absolute atomic E-state index is 0.238. The molecule has 0 aromatic heterocycles. The van der Waals surface area contributed by atoms with Crippen molar-refractivity contribution in [2.75, 3.05) is 6.61 Å². The number of hydrogen-bond acceptors (Lipinski definition) is 1. The quantitative estimate of drug-likeness (QED) is 0.575. The minimum atomic E-state index is 0.238. The summed E-state index contributed by atoms with van der Waals surface area (Å²) in [5, 5.41) is 8.72. The van der Waals surface area contributed by atoms with Crippen molar-refractivity contribution in [1.82, 2.24) is 0 Å². The van der Waals surface area contributed by atoms with Gasteiger partial charge in [-0.1, -0.05) is 26.3 Å². The van der Waals surface area contributed by atoms with Crippen molar-refractivity contribution in [2.24, 2.45) is 0 Å². The molecule has 0 aliphatic rings. The lowest BCUT2D eigenvalue weighted by Crippen LogP contribution is -1.88. The molecule has 0 atom stereocenters. The predicted molar refractivity (Wildman–Crippen MR) is 40.4 cm³/mol. The molecular weight excluding hydrogens is 112 g/mol. The second kappa shape index (κ2) is 5.83. The van der Waals surface area contributed by atoms with Gasteiger partial charge in [-0.25, -0.2) is 0 Å². The first-order valence-corrected chi connectivity index (χ1v) is 3.63. The molecule has 0 radical (unpaired) electrons. The zero-order chi connectivity index (χ0) is 7.11.